The smallest absolute Gasteiger partial charge is 0.339 e. The molecule has 0 unspecified atom stereocenters. The molecule has 0 amide bonds. The van der Waals surface area contributed by atoms with E-state index < -0.39 is 28.8 Å². The molecule has 9 heteroatoms. The van der Waals surface area contributed by atoms with Crippen molar-refractivity contribution in [2.24, 2.45) is 0 Å². The number of nitrogens with zero attached hydrogens (tertiary/aromatic N) is 3. The van der Waals surface area contributed by atoms with Crippen molar-refractivity contribution >= 4 is 11.9 Å². The monoisotopic (exact) mass is 559 g/mol. The van der Waals surface area contributed by atoms with E-state index in [0.29, 0.717) is 0 Å². The largest absolute Gasteiger partial charge is 0.506 e. The van der Waals surface area contributed by atoms with Gasteiger partial charge in [0.05, 0.1) is 22.8 Å². The standard InChI is InChI=1S/C18H17N3.C8H6O5.Ru/c1-12-4-6-19-15(8-12)17-10-14(3)11-18(21-17)16-9-13(2)5-7-20-16;9-6-4(7(10)11)2-1-3-5(6)8(12)13;/h4-11H,1-3H3;1-3,9H,(H,10,11)(H,12,13);. The van der Waals surface area contributed by atoms with Crippen LogP contribution in [0.25, 0.3) is 22.8 Å². The number of carbonyl (C=O) groups is 2. The van der Waals surface area contributed by atoms with Crippen molar-refractivity contribution in [1.82, 2.24) is 15.0 Å². The molecule has 35 heavy (non-hydrogen) atoms. The molecule has 0 fully saturated rings. The predicted molar refractivity (Wildman–Crippen MR) is 127 cm³/mol. The molecule has 3 aromatic heterocycles. The number of benzene rings is 1. The van der Waals surface area contributed by atoms with Gasteiger partial charge < -0.3 is 15.3 Å². The van der Waals surface area contributed by atoms with Crippen molar-refractivity contribution in [3.8, 4) is 28.5 Å². The van der Waals surface area contributed by atoms with Crippen LogP contribution in [0.1, 0.15) is 37.4 Å². The van der Waals surface area contributed by atoms with Gasteiger partial charge >= 0.3 is 11.9 Å². The Balaban J connectivity index is 0.000000268. The van der Waals surface area contributed by atoms with Crippen LogP contribution < -0.4 is 0 Å². The van der Waals surface area contributed by atoms with Gasteiger partial charge in [-0.3, -0.25) is 9.97 Å². The number of rotatable bonds is 4. The van der Waals surface area contributed by atoms with Crippen LogP contribution in [0.15, 0.2) is 67.0 Å². The number of pyridine rings is 3. The van der Waals surface area contributed by atoms with Crippen molar-refractivity contribution in [2.45, 2.75) is 20.8 Å². The Morgan fingerprint density at radius 2 is 1.06 bits per heavy atom. The van der Waals surface area contributed by atoms with Gasteiger partial charge in [-0.05, 0) is 86.0 Å². The number of carboxylic acids is 2. The Morgan fingerprint density at radius 1 is 0.657 bits per heavy atom. The molecule has 3 heterocycles. The normalized spacial score (nSPS) is 9.91. The molecule has 3 N–H and O–H groups in total. The summed E-state index contributed by atoms with van der Waals surface area (Å²) in [7, 11) is 0. The molecule has 0 spiro atoms. The summed E-state index contributed by atoms with van der Waals surface area (Å²) >= 11 is 0. The third kappa shape index (κ3) is 7.01. The van der Waals surface area contributed by atoms with E-state index in [4.69, 9.17) is 20.3 Å². The van der Waals surface area contributed by atoms with Crippen LogP contribution in [0.3, 0.4) is 0 Å². The zero-order chi connectivity index (χ0) is 24.8. The van der Waals surface area contributed by atoms with E-state index in [1.165, 1.54) is 17.2 Å². The Bertz CT molecular complexity index is 1280. The van der Waals surface area contributed by atoms with Gasteiger partial charge in [-0.1, -0.05) is 6.07 Å². The summed E-state index contributed by atoms with van der Waals surface area (Å²) in [4.78, 5) is 34.5. The molecule has 0 radical (unpaired) electrons. The van der Waals surface area contributed by atoms with Gasteiger partial charge in [-0.25, -0.2) is 14.6 Å². The van der Waals surface area contributed by atoms with Gasteiger partial charge in [0, 0.05) is 31.9 Å². The fraction of sp³-hybridized carbons (Fsp3) is 0.115. The maximum absolute atomic E-state index is 10.4. The Kier molecular flexibility index (Phi) is 9.31. The van der Waals surface area contributed by atoms with Gasteiger partial charge in [0.1, 0.15) is 16.9 Å². The molecule has 0 saturated carbocycles. The number of aromatic carboxylic acids is 2. The van der Waals surface area contributed by atoms with E-state index in [2.05, 4.69) is 55.0 Å². The van der Waals surface area contributed by atoms with Crippen LogP contribution in [0.5, 0.6) is 5.75 Å². The Labute approximate surface area is 215 Å². The van der Waals surface area contributed by atoms with Crippen LogP contribution in [0.4, 0.5) is 0 Å². The minimum atomic E-state index is -1.36. The first-order valence-corrected chi connectivity index (χ1v) is 10.3. The van der Waals surface area contributed by atoms with E-state index in [9.17, 15) is 9.59 Å². The first-order valence-electron chi connectivity index (χ1n) is 10.3. The summed E-state index contributed by atoms with van der Waals surface area (Å²) < 4.78 is 0. The molecule has 8 nitrogen and oxygen atoms in total. The molecule has 180 valence electrons. The van der Waals surface area contributed by atoms with Crippen molar-refractivity contribution < 1.29 is 44.4 Å². The summed E-state index contributed by atoms with van der Waals surface area (Å²) in [5, 5.41) is 26.2. The average Bonchev–Trinajstić information content (AvgIpc) is 2.79. The van der Waals surface area contributed by atoms with Gasteiger partial charge in [-0.2, -0.15) is 0 Å². The zero-order valence-corrected chi connectivity index (χ0v) is 20.9. The second-order valence-corrected chi connectivity index (χ2v) is 7.66. The second kappa shape index (κ2) is 11.9. The van der Waals surface area contributed by atoms with Gasteiger partial charge in [0.2, 0.25) is 0 Å². The van der Waals surface area contributed by atoms with Gasteiger partial charge in [0.15, 0.2) is 0 Å². The number of para-hydroxylation sites is 1. The first kappa shape index (κ1) is 27.3. The number of carboxylic acid groups (broad SMARTS) is 2. The molecule has 4 rings (SSSR count). The maximum atomic E-state index is 10.4. The van der Waals surface area contributed by atoms with E-state index >= 15 is 0 Å². The van der Waals surface area contributed by atoms with Crippen LogP contribution in [0, 0.1) is 20.8 Å². The van der Waals surface area contributed by atoms with E-state index in [1.807, 2.05) is 24.5 Å². The van der Waals surface area contributed by atoms with Crippen LogP contribution >= 0.6 is 0 Å². The summed E-state index contributed by atoms with van der Waals surface area (Å²) in [6, 6.07) is 15.7. The summed E-state index contributed by atoms with van der Waals surface area (Å²) in [5.41, 5.74) is 6.24. The van der Waals surface area contributed by atoms with Crippen molar-refractivity contribution in [3.63, 3.8) is 0 Å². The molecule has 0 bridgehead atoms. The molecule has 0 aliphatic carbocycles. The number of aryl methyl sites for hydroxylation is 3. The average molecular weight is 559 g/mol. The molecular formula is C26H23N3O5Ru. The minimum Gasteiger partial charge on any atom is -0.506 e. The van der Waals surface area contributed by atoms with Crippen LogP contribution in [-0.4, -0.2) is 42.2 Å². The van der Waals surface area contributed by atoms with Crippen LogP contribution in [-0.2, 0) is 19.5 Å². The van der Waals surface area contributed by atoms with Crippen LogP contribution in [0.2, 0.25) is 0 Å². The topological polar surface area (TPSA) is 134 Å². The third-order valence-corrected chi connectivity index (χ3v) is 4.82. The second-order valence-electron chi connectivity index (χ2n) is 7.66. The molecule has 0 saturated heterocycles. The minimum absolute atomic E-state index is 0. The number of aromatic nitrogens is 3. The van der Waals surface area contributed by atoms with E-state index in [-0.39, 0.29) is 19.5 Å². The van der Waals surface area contributed by atoms with Gasteiger partial charge in [0.25, 0.3) is 0 Å². The molecule has 1 aromatic carbocycles. The predicted octanol–water partition coefficient (Wildman–Crippen LogP) is 4.92. The number of aromatic hydroxyl groups is 1. The fourth-order valence-electron chi connectivity index (χ4n) is 3.17. The molecule has 0 aliphatic rings. The summed E-state index contributed by atoms with van der Waals surface area (Å²) in [6.45, 7) is 6.19. The molecular weight excluding hydrogens is 535 g/mol. The Morgan fingerprint density at radius 3 is 1.43 bits per heavy atom. The van der Waals surface area contributed by atoms with Gasteiger partial charge in [-0.15, -0.1) is 0 Å². The molecule has 4 aromatic rings. The fourth-order valence-corrected chi connectivity index (χ4v) is 3.17. The maximum Gasteiger partial charge on any atom is 0.339 e. The number of hydrogen-bond donors (Lipinski definition) is 3. The quantitative estimate of drug-likeness (QED) is 0.301. The Hall–Kier alpha value is -3.97. The SMILES string of the molecule is Cc1ccnc(-c2cc(C)cc(-c3cc(C)ccn3)n2)c1.O=C(O)c1cccc(C(=O)O)c1O.[Ru]. The van der Waals surface area contributed by atoms with Crippen molar-refractivity contribution in [1.29, 1.82) is 0 Å². The molecule has 0 aliphatic heterocycles. The van der Waals surface area contributed by atoms with E-state index in [1.54, 1.807) is 0 Å². The van der Waals surface area contributed by atoms with Crippen molar-refractivity contribution in [3.05, 3.63) is 94.8 Å². The summed E-state index contributed by atoms with van der Waals surface area (Å²) in [5.74, 6) is -3.44. The molecule has 0 atom stereocenters. The van der Waals surface area contributed by atoms with Crippen molar-refractivity contribution in [2.75, 3.05) is 0 Å². The summed E-state index contributed by atoms with van der Waals surface area (Å²) in [6.07, 6.45) is 3.64. The first-order chi connectivity index (χ1) is 16.2. The van der Waals surface area contributed by atoms with E-state index in [0.717, 1.165) is 40.5 Å². The third-order valence-electron chi connectivity index (χ3n) is 4.82. The number of phenols is 1. The zero-order valence-electron chi connectivity index (χ0n) is 19.2. The number of hydrogen-bond acceptors (Lipinski definition) is 6.